The van der Waals surface area contributed by atoms with Crippen LogP contribution in [0.5, 0.6) is 0 Å². The SMILES string of the molecule is CC(C)C(NCC(=O)N1CCC(C(=O)O)CC1)C(N)=O. The Morgan fingerprint density at radius 3 is 2.25 bits per heavy atom. The van der Waals surface area contributed by atoms with Gasteiger partial charge in [0.1, 0.15) is 0 Å². The number of hydrogen-bond donors (Lipinski definition) is 3. The van der Waals surface area contributed by atoms with Gasteiger partial charge in [-0.25, -0.2) is 0 Å². The van der Waals surface area contributed by atoms with Gasteiger partial charge < -0.3 is 15.7 Å². The van der Waals surface area contributed by atoms with Crippen molar-refractivity contribution in [1.82, 2.24) is 10.2 Å². The van der Waals surface area contributed by atoms with Crippen LogP contribution in [0.2, 0.25) is 0 Å². The predicted molar refractivity (Wildman–Crippen MR) is 72.8 cm³/mol. The standard InChI is InChI=1S/C13H23N3O4/c1-8(2)11(12(14)18)15-7-10(17)16-5-3-9(4-6-16)13(19)20/h8-9,11,15H,3-7H2,1-2H3,(H2,14,18)(H,19,20). The van der Waals surface area contributed by atoms with E-state index < -0.39 is 17.9 Å². The van der Waals surface area contributed by atoms with Crippen molar-refractivity contribution >= 4 is 17.8 Å². The molecule has 114 valence electrons. The minimum absolute atomic E-state index is 0.0121. The maximum absolute atomic E-state index is 12.0. The summed E-state index contributed by atoms with van der Waals surface area (Å²) < 4.78 is 0. The number of amides is 2. The van der Waals surface area contributed by atoms with E-state index in [0.717, 1.165) is 0 Å². The minimum atomic E-state index is -0.802. The number of carbonyl (C=O) groups excluding carboxylic acids is 2. The number of likely N-dealkylation sites (tertiary alicyclic amines) is 1. The quantitative estimate of drug-likeness (QED) is 0.603. The van der Waals surface area contributed by atoms with Crippen LogP contribution in [-0.4, -0.2) is 53.5 Å². The number of piperidine rings is 1. The molecule has 7 heteroatoms. The van der Waals surface area contributed by atoms with E-state index in [1.807, 2.05) is 13.8 Å². The lowest BCUT2D eigenvalue weighted by Crippen LogP contribution is -2.50. The highest BCUT2D eigenvalue weighted by Gasteiger charge is 2.27. The fraction of sp³-hybridized carbons (Fsp3) is 0.769. The summed E-state index contributed by atoms with van der Waals surface area (Å²) in [6.07, 6.45) is 0.953. The number of rotatable bonds is 6. The smallest absolute Gasteiger partial charge is 0.306 e. The molecular formula is C13H23N3O4. The molecule has 1 rings (SSSR count). The summed E-state index contributed by atoms with van der Waals surface area (Å²) in [6.45, 7) is 4.64. The molecule has 0 bridgehead atoms. The van der Waals surface area contributed by atoms with Crippen LogP contribution < -0.4 is 11.1 Å². The van der Waals surface area contributed by atoms with Crippen LogP contribution >= 0.6 is 0 Å². The normalized spacial score (nSPS) is 18.1. The molecule has 1 aliphatic rings. The van der Waals surface area contributed by atoms with E-state index in [1.165, 1.54) is 0 Å². The van der Waals surface area contributed by atoms with Gasteiger partial charge in [-0.1, -0.05) is 13.8 Å². The van der Waals surface area contributed by atoms with Crippen LogP contribution in [0.15, 0.2) is 0 Å². The van der Waals surface area contributed by atoms with Gasteiger partial charge in [-0.3, -0.25) is 19.7 Å². The van der Waals surface area contributed by atoms with Crippen LogP contribution in [0.3, 0.4) is 0 Å². The van der Waals surface area contributed by atoms with E-state index in [2.05, 4.69) is 5.32 Å². The number of carboxylic acids is 1. The highest BCUT2D eigenvalue weighted by molar-refractivity contribution is 5.82. The fourth-order valence-electron chi connectivity index (χ4n) is 2.35. The summed E-state index contributed by atoms with van der Waals surface area (Å²) in [5, 5.41) is 11.8. The number of carboxylic acid groups (broad SMARTS) is 1. The van der Waals surface area contributed by atoms with Crippen molar-refractivity contribution < 1.29 is 19.5 Å². The molecule has 1 saturated heterocycles. The van der Waals surface area contributed by atoms with Crippen molar-refractivity contribution in [2.24, 2.45) is 17.6 Å². The monoisotopic (exact) mass is 285 g/mol. The third-order valence-electron chi connectivity index (χ3n) is 3.64. The van der Waals surface area contributed by atoms with E-state index in [1.54, 1.807) is 4.90 Å². The summed E-state index contributed by atoms with van der Waals surface area (Å²) >= 11 is 0. The van der Waals surface area contributed by atoms with Crippen molar-refractivity contribution in [2.45, 2.75) is 32.7 Å². The lowest BCUT2D eigenvalue weighted by atomic mass is 9.97. The first-order chi connectivity index (χ1) is 9.32. The van der Waals surface area contributed by atoms with Crippen LogP contribution in [0.25, 0.3) is 0 Å². The molecule has 7 nitrogen and oxygen atoms in total. The van der Waals surface area contributed by atoms with Crippen molar-refractivity contribution in [1.29, 1.82) is 0 Å². The first kappa shape index (κ1) is 16.4. The van der Waals surface area contributed by atoms with Crippen molar-refractivity contribution in [2.75, 3.05) is 19.6 Å². The predicted octanol–water partition coefficient (Wildman–Crippen LogP) is -0.591. The molecular weight excluding hydrogens is 262 g/mol. The van der Waals surface area contributed by atoms with Gasteiger partial charge in [0, 0.05) is 13.1 Å². The van der Waals surface area contributed by atoms with Gasteiger partial charge in [0.05, 0.1) is 18.5 Å². The Kier molecular flexibility index (Phi) is 5.94. The van der Waals surface area contributed by atoms with Crippen LogP contribution in [-0.2, 0) is 14.4 Å². The Hall–Kier alpha value is -1.63. The summed E-state index contributed by atoms with van der Waals surface area (Å²) in [4.78, 5) is 35.7. The number of hydrogen-bond acceptors (Lipinski definition) is 4. The second-order valence-electron chi connectivity index (χ2n) is 5.50. The fourth-order valence-corrected chi connectivity index (χ4v) is 2.35. The zero-order valence-corrected chi connectivity index (χ0v) is 12.0. The number of nitrogens with zero attached hydrogens (tertiary/aromatic N) is 1. The first-order valence-corrected chi connectivity index (χ1v) is 6.86. The molecule has 1 aliphatic heterocycles. The van der Waals surface area contributed by atoms with Gasteiger partial charge in [0.2, 0.25) is 11.8 Å². The molecule has 0 radical (unpaired) electrons. The maximum Gasteiger partial charge on any atom is 0.306 e. The van der Waals surface area contributed by atoms with Crippen LogP contribution in [0.4, 0.5) is 0 Å². The molecule has 1 atom stereocenters. The van der Waals surface area contributed by atoms with Crippen molar-refractivity contribution in [3.63, 3.8) is 0 Å². The van der Waals surface area contributed by atoms with E-state index in [4.69, 9.17) is 10.8 Å². The molecule has 0 aromatic carbocycles. The number of nitrogens with two attached hydrogens (primary N) is 1. The van der Waals surface area contributed by atoms with Crippen molar-refractivity contribution in [3.8, 4) is 0 Å². The van der Waals surface area contributed by atoms with Gasteiger partial charge >= 0.3 is 5.97 Å². The average molecular weight is 285 g/mol. The third kappa shape index (κ3) is 4.48. The number of nitrogens with one attached hydrogen (secondary N) is 1. The minimum Gasteiger partial charge on any atom is -0.481 e. The topological polar surface area (TPSA) is 113 Å². The Labute approximate surface area is 118 Å². The van der Waals surface area contributed by atoms with E-state index in [-0.39, 0.29) is 24.3 Å². The average Bonchev–Trinajstić information content (AvgIpc) is 2.38. The number of aliphatic carboxylic acids is 1. The van der Waals surface area contributed by atoms with Gasteiger partial charge in [0.15, 0.2) is 0 Å². The molecule has 1 fully saturated rings. The molecule has 2 amide bonds. The first-order valence-electron chi connectivity index (χ1n) is 6.86. The van der Waals surface area contributed by atoms with Crippen molar-refractivity contribution in [3.05, 3.63) is 0 Å². The van der Waals surface area contributed by atoms with E-state index in [9.17, 15) is 14.4 Å². The third-order valence-corrected chi connectivity index (χ3v) is 3.64. The molecule has 1 unspecified atom stereocenters. The van der Waals surface area contributed by atoms with E-state index in [0.29, 0.717) is 25.9 Å². The van der Waals surface area contributed by atoms with Gasteiger partial charge in [-0.2, -0.15) is 0 Å². The Bertz CT molecular complexity index is 376. The Balaban J connectivity index is 2.40. The van der Waals surface area contributed by atoms with Gasteiger partial charge in [0.25, 0.3) is 0 Å². The zero-order valence-electron chi connectivity index (χ0n) is 12.0. The molecule has 20 heavy (non-hydrogen) atoms. The molecule has 1 heterocycles. The second kappa shape index (κ2) is 7.23. The maximum atomic E-state index is 12.0. The summed E-state index contributed by atoms with van der Waals surface area (Å²) in [5.74, 6) is -1.75. The molecule has 4 N–H and O–H groups in total. The molecule has 0 spiro atoms. The molecule has 0 aliphatic carbocycles. The molecule has 0 aromatic heterocycles. The van der Waals surface area contributed by atoms with Gasteiger partial charge in [-0.05, 0) is 18.8 Å². The van der Waals surface area contributed by atoms with Gasteiger partial charge in [-0.15, -0.1) is 0 Å². The summed E-state index contributed by atoms with van der Waals surface area (Å²) in [6, 6.07) is -0.532. The van der Waals surface area contributed by atoms with E-state index >= 15 is 0 Å². The number of carbonyl (C=O) groups is 3. The zero-order chi connectivity index (χ0) is 15.3. The Morgan fingerprint density at radius 2 is 1.85 bits per heavy atom. The number of primary amides is 1. The summed E-state index contributed by atoms with van der Waals surface area (Å²) in [7, 11) is 0. The highest BCUT2D eigenvalue weighted by Crippen LogP contribution is 2.17. The second-order valence-corrected chi connectivity index (χ2v) is 5.50. The van der Waals surface area contributed by atoms with Crippen LogP contribution in [0.1, 0.15) is 26.7 Å². The Morgan fingerprint density at radius 1 is 1.30 bits per heavy atom. The van der Waals surface area contributed by atoms with Crippen LogP contribution in [0, 0.1) is 11.8 Å². The molecule has 0 aromatic rings. The summed E-state index contributed by atoms with van der Waals surface area (Å²) in [5.41, 5.74) is 5.26. The molecule has 0 saturated carbocycles. The lowest BCUT2D eigenvalue weighted by Gasteiger charge is -2.31. The highest BCUT2D eigenvalue weighted by atomic mass is 16.4. The largest absolute Gasteiger partial charge is 0.481 e. The lowest BCUT2D eigenvalue weighted by molar-refractivity contribution is -0.145.